The Balaban J connectivity index is 2.41. The van der Waals surface area contributed by atoms with Gasteiger partial charge in [0.25, 0.3) is 10.0 Å². The molecule has 2 rings (SSSR count). The van der Waals surface area contributed by atoms with Crippen LogP contribution in [0.15, 0.2) is 32.1 Å². The van der Waals surface area contributed by atoms with Crippen LogP contribution in [0.5, 0.6) is 0 Å². The number of halogens is 2. The van der Waals surface area contributed by atoms with E-state index in [1.54, 1.807) is 19.9 Å². The van der Waals surface area contributed by atoms with Gasteiger partial charge in [-0.1, -0.05) is 32.7 Å². The van der Waals surface area contributed by atoms with E-state index in [9.17, 15) is 8.42 Å². The van der Waals surface area contributed by atoms with Crippen LogP contribution in [0, 0.1) is 13.8 Å². The molecule has 0 aliphatic rings. The first-order valence-corrected chi connectivity index (χ1v) is 7.87. The van der Waals surface area contributed by atoms with Crippen molar-refractivity contribution in [3.8, 4) is 0 Å². The number of nitrogens with one attached hydrogen (secondary N) is 1. The first-order chi connectivity index (χ1) is 8.81. The van der Waals surface area contributed by atoms with Crippen LogP contribution in [0.2, 0.25) is 5.02 Å². The minimum absolute atomic E-state index is 0.0224. The van der Waals surface area contributed by atoms with Gasteiger partial charge in [-0.05, 0) is 32.0 Å². The molecule has 8 heteroatoms. The monoisotopic (exact) mass is 364 g/mol. The van der Waals surface area contributed by atoms with Crippen molar-refractivity contribution in [1.29, 1.82) is 0 Å². The van der Waals surface area contributed by atoms with Crippen molar-refractivity contribution in [3.05, 3.63) is 39.0 Å². The molecule has 0 bridgehead atoms. The van der Waals surface area contributed by atoms with E-state index < -0.39 is 10.0 Å². The first-order valence-electron chi connectivity index (χ1n) is 5.22. The quantitative estimate of drug-likeness (QED) is 0.903. The van der Waals surface area contributed by atoms with Gasteiger partial charge in [-0.15, -0.1) is 0 Å². The van der Waals surface area contributed by atoms with Gasteiger partial charge in [-0.3, -0.25) is 0 Å². The van der Waals surface area contributed by atoms with E-state index in [0.29, 0.717) is 15.7 Å². The second-order valence-electron chi connectivity index (χ2n) is 3.90. The molecule has 1 aromatic carbocycles. The van der Waals surface area contributed by atoms with Crippen molar-refractivity contribution in [2.75, 3.05) is 4.72 Å². The highest BCUT2D eigenvalue weighted by molar-refractivity contribution is 9.10. The molecule has 0 spiro atoms. The zero-order valence-electron chi connectivity index (χ0n) is 10.1. The van der Waals surface area contributed by atoms with Gasteiger partial charge in [0.15, 0.2) is 0 Å². The largest absolute Gasteiger partial charge is 0.337 e. The summed E-state index contributed by atoms with van der Waals surface area (Å²) < 4.78 is 32.3. The van der Waals surface area contributed by atoms with Gasteiger partial charge in [0, 0.05) is 10.0 Å². The highest BCUT2D eigenvalue weighted by atomic mass is 79.9. The summed E-state index contributed by atoms with van der Waals surface area (Å²) in [5, 5.41) is 3.81. The average Bonchev–Trinajstić information content (AvgIpc) is 2.60. The van der Waals surface area contributed by atoms with E-state index in [1.165, 1.54) is 12.1 Å². The number of nitrogens with zero attached hydrogens (tertiary/aromatic N) is 1. The minimum atomic E-state index is -3.81. The molecule has 2 aromatic rings. The van der Waals surface area contributed by atoms with Crippen LogP contribution in [-0.4, -0.2) is 13.6 Å². The smallest absolute Gasteiger partial charge is 0.265 e. The number of aromatic nitrogens is 1. The number of rotatable bonds is 3. The maximum Gasteiger partial charge on any atom is 0.265 e. The second-order valence-corrected chi connectivity index (χ2v) is 6.88. The van der Waals surface area contributed by atoms with Crippen molar-refractivity contribution >= 4 is 43.4 Å². The lowest BCUT2D eigenvalue weighted by molar-refractivity contribution is 0.430. The summed E-state index contributed by atoms with van der Waals surface area (Å²) >= 11 is 9.15. The Morgan fingerprint density at radius 3 is 2.58 bits per heavy atom. The molecule has 0 aliphatic carbocycles. The van der Waals surface area contributed by atoms with Crippen LogP contribution in [-0.2, 0) is 10.0 Å². The molecule has 0 atom stereocenters. The van der Waals surface area contributed by atoms with Gasteiger partial charge in [-0.2, -0.15) is 0 Å². The molecular weight excluding hydrogens is 356 g/mol. The summed E-state index contributed by atoms with van der Waals surface area (Å²) in [6, 6.07) is 4.51. The van der Waals surface area contributed by atoms with Crippen LogP contribution in [0.4, 0.5) is 5.88 Å². The van der Waals surface area contributed by atoms with Crippen LogP contribution >= 0.6 is 27.5 Å². The Labute approximate surface area is 124 Å². The van der Waals surface area contributed by atoms with Gasteiger partial charge in [0.1, 0.15) is 4.90 Å². The summed E-state index contributed by atoms with van der Waals surface area (Å²) in [4.78, 5) is -0.0224. The first kappa shape index (κ1) is 14.4. The Hall–Kier alpha value is -1.05. The van der Waals surface area contributed by atoms with Crippen molar-refractivity contribution in [2.24, 2.45) is 0 Å². The maximum absolute atomic E-state index is 12.2. The topological polar surface area (TPSA) is 72.2 Å². The van der Waals surface area contributed by atoms with Crippen LogP contribution in [0.25, 0.3) is 0 Å². The second kappa shape index (κ2) is 5.15. The number of hydrogen-bond acceptors (Lipinski definition) is 4. The highest BCUT2D eigenvalue weighted by Gasteiger charge is 2.21. The summed E-state index contributed by atoms with van der Waals surface area (Å²) in [5.74, 6) is 0.0940. The fourth-order valence-corrected chi connectivity index (χ4v) is 3.47. The third kappa shape index (κ3) is 2.93. The molecule has 5 nitrogen and oxygen atoms in total. The summed E-state index contributed by atoms with van der Waals surface area (Å²) in [5.41, 5.74) is 1.26. The Morgan fingerprint density at radius 1 is 1.37 bits per heavy atom. The SMILES string of the molecule is Cc1noc(NS(=O)(=O)c2ccc(Br)cc2Cl)c1C. The Kier molecular flexibility index (Phi) is 3.89. The van der Waals surface area contributed by atoms with Crippen molar-refractivity contribution in [3.63, 3.8) is 0 Å². The van der Waals surface area contributed by atoms with Gasteiger partial charge in [0.05, 0.1) is 10.7 Å². The van der Waals surface area contributed by atoms with E-state index in [2.05, 4.69) is 25.8 Å². The maximum atomic E-state index is 12.2. The third-order valence-corrected chi connectivity index (χ3v) is 4.87. The van der Waals surface area contributed by atoms with E-state index in [0.717, 1.165) is 0 Å². The van der Waals surface area contributed by atoms with Crippen LogP contribution in [0.1, 0.15) is 11.3 Å². The molecule has 0 saturated heterocycles. The average molecular weight is 366 g/mol. The number of anilines is 1. The zero-order chi connectivity index (χ0) is 14.2. The molecule has 0 amide bonds. The lowest BCUT2D eigenvalue weighted by Crippen LogP contribution is -2.13. The molecule has 0 saturated carbocycles. The van der Waals surface area contributed by atoms with Crippen molar-refractivity contribution in [1.82, 2.24) is 5.16 Å². The molecular formula is C11H10BrClN2O3S. The molecule has 1 heterocycles. The van der Waals surface area contributed by atoms with E-state index in [-0.39, 0.29) is 15.8 Å². The molecule has 1 aromatic heterocycles. The highest BCUT2D eigenvalue weighted by Crippen LogP contribution is 2.28. The zero-order valence-corrected chi connectivity index (χ0v) is 13.2. The van der Waals surface area contributed by atoms with E-state index in [4.69, 9.17) is 16.1 Å². The van der Waals surface area contributed by atoms with Crippen molar-refractivity contribution < 1.29 is 12.9 Å². The molecule has 0 aliphatic heterocycles. The fourth-order valence-electron chi connectivity index (χ4n) is 1.38. The van der Waals surface area contributed by atoms with Crippen LogP contribution in [0.3, 0.4) is 0 Å². The van der Waals surface area contributed by atoms with E-state index >= 15 is 0 Å². The molecule has 102 valence electrons. The Morgan fingerprint density at radius 2 is 2.05 bits per heavy atom. The molecule has 19 heavy (non-hydrogen) atoms. The lowest BCUT2D eigenvalue weighted by Gasteiger charge is -2.07. The summed E-state index contributed by atoms with van der Waals surface area (Å²) in [7, 11) is -3.81. The van der Waals surface area contributed by atoms with Gasteiger partial charge < -0.3 is 4.52 Å². The van der Waals surface area contributed by atoms with Crippen LogP contribution < -0.4 is 4.72 Å². The molecule has 0 radical (unpaired) electrons. The number of aryl methyl sites for hydroxylation is 1. The standard InChI is InChI=1S/C11H10BrClN2O3S/c1-6-7(2)14-18-11(6)15-19(16,17)10-4-3-8(12)5-9(10)13/h3-5,15H,1-2H3. The van der Waals surface area contributed by atoms with Gasteiger partial charge >= 0.3 is 0 Å². The third-order valence-electron chi connectivity index (χ3n) is 2.57. The predicted octanol–water partition coefficient (Wildman–Crippen LogP) is 3.51. The Bertz CT molecular complexity index is 728. The predicted molar refractivity (Wildman–Crippen MR) is 75.9 cm³/mol. The number of benzene rings is 1. The number of hydrogen-bond donors (Lipinski definition) is 1. The summed E-state index contributed by atoms with van der Waals surface area (Å²) in [6.07, 6.45) is 0. The minimum Gasteiger partial charge on any atom is -0.337 e. The lowest BCUT2D eigenvalue weighted by atomic mass is 10.3. The molecule has 0 fully saturated rings. The summed E-state index contributed by atoms with van der Waals surface area (Å²) in [6.45, 7) is 3.44. The van der Waals surface area contributed by atoms with Gasteiger partial charge in [0.2, 0.25) is 5.88 Å². The molecule has 1 N–H and O–H groups in total. The molecule has 0 unspecified atom stereocenters. The normalized spacial score (nSPS) is 11.6. The van der Waals surface area contributed by atoms with E-state index in [1.807, 2.05) is 0 Å². The number of sulfonamides is 1. The fraction of sp³-hybridized carbons (Fsp3) is 0.182. The van der Waals surface area contributed by atoms with Gasteiger partial charge in [-0.25, -0.2) is 13.1 Å². The van der Waals surface area contributed by atoms with Crippen molar-refractivity contribution in [2.45, 2.75) is 18.7 Å².